The summed E-state index contributed by atoms with van der Waals surface area (Å²) in [5.74, 6) is -0.539. The number of furan rings is 1. The average Bonchev–Trinajstić information content (AvgIpc) is 3.17. The summed E-state index contributed by atoms with van der Waals surface area (Å²) in [5, 5.41) is 1.83. The summed E-state index contributed by atoms with van der Waals surface area (Å²) in [6.45, 7) is 6.06. The number of pyridine rings is 3. The lowest BCUT2D eigenvalue weighted by Crippen LogP contribution is -2.02. The highest BCUT2D eigenvalue weighted by molar-refractivity contribution is 6.08. The molecule has 0 aliphatic rings. The van der Waals surface area contributed by atoms with Crippen molar-refractivity contribution < 1.29 is 5.79 Å². The van der Waals surface area contributed by atoms with E-state index in [-0.39, 0.29) is 5.92 Å². The van der Waals surface area contributed by atoms with E-state index in [0.717, 1.165) is 38.9 Å². The molecule has 0 saturated heterocycles. The second kappa shape index (κ2) is 7.38. The summed E-state index contributed by atoms with van der Waals surface area (Å²) in [4.78, 5) is 13.8. The van der Waals surface area contributed by atoms with Crippen LogP contribution in [0.5, 0.6) is 0 Å². The average molecular weight is 394 g/mol. The lowest BCUT2D eigenvalue weighted by Gasteiger charge is -2.16. The van der Waals surface area contributed by atoms with Crippen LogP contribution >= 0.6 is 0 Å². The monoisotopic (exact) mass is 394 g/mol. The Morgan fingerprint density at radius 2 is 1.73 bits per heavy atom. The molecule has 30 heavy (non-hydrogen) atoms. The molecule has 0 aliphatic heterocycles. The van der Waals surface area contributed by atoms with Gasteiger partial charge < -0.3 is 4.42 Å². The first-order chi connectivity index (χ1) is 14.9. The third kappa shape index (κ3) is 3.14. The number of hydrogen-bond acceptors (Lipinski definition) is 4. The predicted molar refractivity (Wildman–Crippen MR) is 121 cm³/mol. The zero-order chi connectivity index (χ0) is 21.6. The molecular weight excluding hydrogens is 370 g/mol. The van der Waals surface area contributed by atoms with Crippen LogP contribution in [0.4, 0.5) is 0 Å². The van der Waals surface area contributed by atoms with E-state index in [1.807, 2.05) is 61.5 Å². The van der Waals surface area contributed by atoms with Crippen LogP contribution in [0.1, 0.15) is 33.6 Å². The maximum absolute atomic E-state index is 8.76. The second-order valence-electron chi connectivity index (χ2n) is 7.85. The van der Waals surface area contributed by atoms with Crippen LogP contribution in [-0.4, -0.2) is 15.0 Å². The zero-order valence-electron chi connectivity index (χ0n) is 18.3. The van der Waals surface area contributed by atoms with Crippen LogP contribution in [0, 0.1) is 5.92 Å². The molecule has 0 saturated carbocycles. The molecular formula is C26H23N3O. The normalized spacial score (nSPS) is 14.2. The molecule has 0 aliphatic carbocycles. The number of aromatic nitrogens is 3. The van der Waals surface area contributed by atoms with Gasteiger partial charge in [-0.25, -0.2) is 4.98 Å². The van der Waals surface area contributed by atoms with Crippen molar-refractivity contribution in [3.63, 3.8) is 0 Å². The lowest BCUT2D eigenvalue weighted by atomic mass is 9.90. The number of fused-ring (bicyclic) bond motifs is 3. The van der Waals surface area contributed by atoms with E-state index < -0.39 is 5.89 Å². The molecule has 5 aromatic rings. The van der Waals surface area contributed by atoms with Gasteiger partial charge in [-0.05, 0) is 41.6 Å². The van der Waals surface area contributed by atoms with Crippen LogP contribution in [0.3, 0.4) is 0 Å². The summed E-state index contributed by atoms with van der Waals surface area (Å²) in [5.41, 5.74) is 5.67. The first-order valence-corrected chi connectivity index (χ1v) is 10.1. The van der Waals surface area contributed by atoms with Crippen molar-refractivity contribution in [3.05, 3.63) is 78.8 Å². The molecule has 4 aromatic heterocycles. The van der Waals surface area contributed by atoms with E-state index >= 15 is 0 Å². The fourth-order valence-corrected chi connectivity index (χ4v) is 3.68. The second-order valence-corrected chi connectivity index (χ2v) is 7.85. The minimum absolute atomic E-state index is 0.170. The third-order valence-electron chi connectivity index (χ3n) is 5.67. The third-order valence-corrected chi connectivity index (χ3v) is 5.67. The molecule has 0 bridgehead atoms. The summed E-state index contributed by atoms with van der Waals surface area (Å²) in [6, 6.07) is 18.0. The minimum Gasteiger partial charge on any atom is -0.437 e. The van der Waals surface area contributed by atoms with Crippen molar-refractivity contribution in [2.45, 2.75) is 26.7 Å². The van der Waals surface area contributed by atoms with E-state index in [9.17, 15) is 0 Å². The molecule has 148 valence electrons. The number of nitrogens with zero attached hydrogens (tertiary/aromatic N) is 3. The summed E-state index contributed by atoms with van der Waals surface area (Å²) >= 11 is 0. The van der Waals surface area contributed by atoms with E-state index in [2.05, 4.69) is 23.8 Å². The van der Waals surface area contributed by atoms with Crippen LogP contribution in [0.25, 0.3) is 44.6 Å². The Balaban J connectivity index is 1.67. The van der Waals surface area contributed by atoms with Crippen LogP contribution in [0.15, 0.2) is 77.6 Å². The molecule has 1 aromatic carbocycles. The first-order valence-electron chi connectivity index (χ1n) is 10.6. The zero-order valence-corrected chi connectivity index (χ0v) is 17.3. The molecule has 0 radical (unpaired) electrons. The first kappa shape index (κ1) is 17.3. The van der Waals surface area contributed by atoms with Crippen LogP contribution in [0.2, 0.25) is 0 Å². The van der Waals surface area contributed by atoms with Crippen molar-refractivity contribution in [1.29, 1.82) is 0 Å². The number of hydrogen-bond donors (Lipinski definition) is 0. The predicted octanol–water partition coefficient (Wildman–Crippen LogP) is 6.86. The van der Waals surface area contributed by atoms with Crippen LogP contribution in [-0.2, 0) is 0 Å². The fraction of sp³-hybridized carbons (Fsp3) is 0.192. The van der Waals surface area contributed by atoms with Gasteiger partial charge in [0.25, 0.3) is 0 Å². The van der Waals surface area contributed by atoms with Crippen molar-refractivity contribution in [2.24, 2.45) is 5.92 Å². The molecule has 1 unspecified atom stereocenters. The lowest BCUT2D eigenvalue weighted by molar-refractivity contribution is 0.535. The van der Waals surface area contributed by atoms with Gasteiger partial charge in [0.05, 0.1) is 17.0 Å². The molecule has 5 rings (SSSR count). The van der Waals surface area contributed by atoms with Gasteiger partial charge in [0.2, 0.25) is 5.71 Å². The van der Waals surface area contributed by atoms with Gasteiger partial charge in [0.15, 0.2) is 0 Å². The molecule has 4 heteroatoms. The molecule has 4 heterocycles. The Morgan fingerprint density at radius 3 is 2.53 bits per heavy atom. The SMILES string of the molecule is [2H]C(C)(c1ccnc(-c2cncc3c2oc2nc(-c4ccccc4)ccc23)c1)C(C)C. The van der Waals surface area contributed by atoms with Gasteiger partial charge in [0.1, 0.15) is 5.58 Å². The fourth-order valence-electron chi connectivity index (χ4n) is 3.68. The smallest absolute Gasteiger partial charge is 0.227 e. The van der Waals surface area contributed by atoms with Gasteiger partial charge in [-0.1, -0.05) is 51.1 Å². The van der Waals surface area contributed by atoms with Crippen molar-refractivity contribution in [2.75, 3.05) is 0 Å². The molecule has 4 nitrogen and oxygen atoms in total. The van der Waals surface area contributed by atoms with Gasteiger partial charge >= 0.3 is 0 Å². The molecule has 1 atom stereocenters. The van der Waals surface area contributed by atoms with E-state index in [1.165, 1.54) is 0 Å². The van der Waals surface area contributed by atoms with Gasteiger partial charge in [-0.2, -0.15) is 0 Å². The van der Waals surface area contributed by atoms with Crippen LogP contribution < -0.4 is 0 Å². The molecule has 0 amide bonds. The summed E-state index contributed by atoms with van der Waals surface area (Å²) < 4.78 is 15.0. The summed E-state index contributed by atoms with van der Waals surface area (Å²) in [7, 11) is 0. The standard InChI is InChI=1S/C26H23N3O/c1-16(2)17(3)19-11-12-28-24(13-19)22-15-27-14-21-20-9-10-23(18-7-5-4-6-8-18)29-26(20)30-25(21)22/h4-17H,1-3H3/i17D. The molecule has 0 spiro atoms. The Hall–Kier alpha value is -3.53. The molecule has 0 N–H and O–H groups in total. The van der Waals surface area contributed by atoms with E-state index in [0.29, 0.717) is 11.3 Å². The Morgan fingerprint density at radius 1 is 0.900 bits per heavy atom. The quantitative estimate of drug-likeness (QED) is 0.334. The van der Waals surface area contributed by atoms with E-state index in [4.69, 9.17) is 10.8 Å². The highest BCUT2D eigenvalue weighted by atomic mass is 16.3. The maximum atomic E-state index is 8.76. The Kier molecular flexibility index (Phi) is 4.26. The largest absolute Gasteiger partial charge is 0.437 e. The maximum Gasteiger partial charge on any atom is 0.227 e. The number of benzene rings is 1. The topological polar surface area (TPSA) is 51.8 Å². The van der Waals surface area contributed by atoms with E-state index in [1.54, 1.807) is 18.6 Å². The highest BCUT2D eigenvalue weighted by Gasteiger charge is 2.17. The Labute approximate surface area is 177 Å². The Bertz CT molecular complexity index is 1390. The molecule has 0 fully saturated rings. The highest BCUT2D eigenvalue weighted by Crippen LogP contribution is 2.35. The number of rotatable bonds is 4. The van der Waals surface area contributed by atoms with Crippen molar-refractivity contribution in [1.82, 2.24) is 15.0 Å². The van der Waals surface area contributed by atoms with Gasteiger partial charge in [-0.15, -0.1) is 0 Å². The van der Waals surface area contributed by atoms with Gasteiger partial charge in [-0.3, -0.25) is 9.97 Å². The minimum atomic E-state index is -0.709. The van der Waals surface area contributed by atoms with Crippen molar-refractivity contribution in [3.8, 4) is 22.5 Å². The van der Waals surface area contributed by atoms with Crippen molar-refractivity contribution >= 4 is 22.1 Å². The van der Waals surface area contributed by atoms with Gasteiger partial charge in [0, 0.05) is 36.3 Å². The summed E-state index contributed by atoms with van der Waals surface area (Å²) in [6.07, 6.45) is 5.33.